The predicted molar refractivity (Wildman–Crippen MR) is 106 cm³/mol. The molecule has 3 aromatic rings. The number of benzene rings is 1. The van der Waals surface area contributed by atoms with Crippen molar-refractivity contribution < 1.29 is 4.92 Å². The molecule has 0 atom stereocenters. The van der Waals surface area contributed by atoms with Gasteiger partial charge >= 0.3 is 0 Å². The van der Waals surface area contributed by atoms with Crippen LogP contribution in [0, 0.1) is 17.0 Å². The molecule has 0 amide bonds. The molecule has 142 valence electrons. The molecule has 0 unspecified atom stereocenters. The molecule has 0 saturated heterocycles. The van der Waals surface area contributed by atoms with Crippen molar-refractivity contribution in [1.29, 1.82) is 0 Å². The molecule has 8 heteroatoms. The molecule has 0 N–H and O–H groups in total. The minimum absolute atomic E-state index is 0.0110. The summed E-state index contributed by atoms with van der Waals surface area (Å²) in [7, 11) is 3.97. The van der Waals surface area contributed by atoms with E-state index < -0.39 is 0 Å². The average Bonchev–Trinajstić information content (AvgIpc) is 2.87. The third kappa shape index (κ3) is 2.97. The van der Waals surface area contributed by atoms with Crippen molar-refractivity contribution in [3.8, 4) is 5.69 Å². The van der Waals surface area contributed by atoms with Crippen molar-refractivity contribution in [2.45, 2.75) is 20.0 Å². The minimum Gasteiger partial charge on any atom is -0.304 e. The Hall–Kier alpha value is -3.39. The Morgan fingerprint density at radius 2 is 2.04 bits per heavy atom. The van der Waals surface area contributed by atoms with Gasteiger partial charge in [-0.05, 0) is 39.2 Å². The first-order valence-corrected chi connectivity index (χ1v) is 8.93. The van der Waals surface area contributed by atoms with Crippen molar-refractivity contribution in [3.05, 3.63) is 81.2 Å². The molecule has 8 nitrogen and oxygen atoms in total. The van der Waals surface area contributed by atoms with Gasteiger partial charge in [-0.25, -0.2) is 4.98 Å². The van der Waals surface area contributed by atoms with E-state index in [1.165, 1.54) is 6.07 Å². The summed E-state index contributed by atoms with van der Waals surface area (Å²) < 4.78 is 2.01. The van der Waals surface area contributed by atoms with Crippen LogP contribution in [0.4, 0.5) is 5.69 Å². The summed E-state index contributed by atoms with van der Waals surface area (Å²) in [5.41, 5.74) is 4.22. The van der Waals surface area contributed by atoms with Crippen LogP contribution >= 0.6 is 0 Å². The Bertz CT molecular complexity index is 1090. The molecule has 1 aliphatic rings. The standard InChI is InChI=1S/C20H20N6O2/c1-13-17(12-24(2)3)25-15-8-6-9-16(26(27)28)19(15)20(22-11-18(25)23-13)14-7-4-5-10-21-14/h4-10H,11-12H2,1-3H3. The van der Waals surface area contributed by atoms with Gasteiger partial charge in [0.05, 0.1) is 39.9 Å². The number of hydrogen-bond donors (Lipinski definition) is 0. The summed E-state index contributed by atoms with van der Waals surface area (Å²) in [6, 6.07) is 10.6. The zero-order valence-corrected chi connectivity index (χ0v) is 16.0. The smallest absolute Gasteiger partial charge is 0.280 e. The van der Waals surface area contributed by atoms with Crippen LogP contribution in [-0.2, 0) is 13.1 Å². The van der Waals surface area contributed by atoms with Crippen LogP contribution in [0.25, 0.3) is 5.69 Å². The van der Waals surface area contributed by atoms with Gasteiger partial charge in [0.25, 0.3) is 5.69 Å². The van der Waals surface area contributed by atoms with Gasteiger partial charge in [0, 0.05) is 18.8 Å². The van der Waals surface area contributed by atoms with E-state index in [1.54, 1.807) is 12.3 Å². The number of aryl methyl sites for hydroxylation is 1. The molecule has 28 heavy (non-hydrogen) atoms. The van der Waals surface area contributed by atoms with Gasteiger partial charge in [0.1, 0.15) is 11.4 Å². The van der Waals surface area contributed by atoms with Gasteiger partial charge < -0.3 is 4.90 Å². The van der Waals surface area contributed by atoms with E-state index in [4.69, 9.17) is 9.98 Å². The summed E-state index contributed by atoms with van der Waals surface area (Å²) in [6.45, 7) is 2.95. The van der Waals surface area contributed by atoms with Crippen molar-refractivity contribution in [2.24, 2.45) is 4.99 Å². The molecule has 3 heterocycles. The zero-order valence-electron chi connectivity index (χ0n) is 16.0. The Morgan fingerprint density at radius 3 is 2.71 bits per heavy atom. The zero-order chi connectivity index (χ0) is 19.8. The molecule has 0 radical (unpaired) electrons. The fourth-order valence-electron chi connectivity index (χ4n) is 3.55. The van der Waals surface area contributed by atoms with Crippen LogP contribution in [0.1, 0.15) is 28.5 Å². The number of rotatable bonds is 4. The predicted octanol–water partition coefficient (Wildman–Crippen LogP) is 2.90. The van der Waals surface area contributed by atoms with Gasteiger partial charge in [0.15, 0.2) is 0 Å². The lowest BCUT2D eigenvalue weighted by atomic mass is 10.0. The van der Waals surface area contributed by atoms with Crippen LogP contribution in [0.3, 0.4) is 0 Å². The number of nitro benzene ring substituents is 1. The Balaban J connectivity index is 2.04. The number of aromatic nitrogens is 3. The summed E-state index contributed by atoms with van der Waals surface area (Å²) in [5.74, 6) is 0.766. The van der Waals surface area contributed by atoms with E-state index in [0.717, 1.165) is 17.2 Å². The monoisotopic (exact) mass is 376 g/mol. The quantitative estimate of drug-likeness (QED) is 0.516. The molecular formula is C20H20N6O2. The number of hydrogen-bond acceptors (Lipinski definition) is 6. The third-order valence-corrected chi connectivity index (χ3v) is 4.69. The van der Waals surface area contributed by atoms with E-state index in [1.807, 2.05) is 49.9 Å². The van der Waals surface area contributed by atoms with Crippen LogP contribution in [0.15, 0.2) is 47.6 Å². The lowest BCUT2D eigenvalue weighted by Gasteiger charge is -2.17. The fraction of sp³-hybridized carbons (Fsp3) is 0.250. The number of aliphatic imine (C=N–C) groups is 1. The highest BCUT2D eigenvalue weighted by Gasteiger charge is 2.30. The maximum absolute atomic E-state index is 11.8. The normalized spacial score (nSPS) is 12.9. The maximum Gasteiger partial charge on any atom is 0.280 e. The largest absolute Gasteiger partial charge is 0.304 e. The van der Waals surface area contributed by atoms with E-state index in [0.29, 0.717) is 35.7 Å². The van der Waals surface area contributed by atoms with Gasteiger partial charge in [-0.3, -0.25) is 24.7 Å². The molecule has 4 rings (SSSR count). The van der Waals surface area contributed by atoms with Crippen molar-refractivity contribution in [2.75, 3.05) is 14.1 Å². The van der Waals surface area contributed by atoms with Gasteiger partial charge in [-0.15, -0.1) is 0 Å². The molecule has 0 saturated carbocycles. The Labute approximate surface area is 162 Å². The summed E-state index contributed by atoms with van der Waals surface area (Å²) >= 11 is 0. The first-order valence-electron chi connectivity index (χ1n) is 8.93. The van der Waals surface area contributed by atoms with Crippen LogP contribution in [0.2, 0.25) is 0 Å². The highest BCUT2D eigenvalue weighted by molar-refractivity contribution is 6.16. The number of nitro groups is 1. The second-order valence-corrected chi connectivity index (χ2v) is 6.94. The maximum atomic E-state index is 11.8. The molecule has 0 spiro atoms. The van der Waals surface area contributed by atoms with Crippen molar-refractivity contribution >= 4 is 11.4 Å². The van der Waals surface area contributed by atoms with E-state index in [-0.39, 0.29) is 10.6 Å². The van der Waals surface area contributed by atoms with Gasteiger partial charge in [0.2, 0.25) is 0 Å². The third-order valence-electron chi connectivity index (χ3n) is 4.69. The Kier molecular flexibility index (Phi) is 4.48. The van der Waals surface area contributed by atoms with Crippen LogP contribution in [-0.4, -0.2) is 44.2 Å². The highest BCUT2D eigenvalue weighted by Crippen LogP contribution is 2.33. The number of imidazole rings is 1. The lowest BCUT2D eigenvalue weighted by molar-refractivity contribution is -0.385. The van der Waals surface area contributed by atoms with Crippen LogP contribution in [0.5, 0.6) is 0 Å². The number of pyridine rings is 1. The molecular weight excluding hydrogens is 356 g/mol. The SMILES string of the molecule is Cc1nc2n(c1CN(C)C)-c1cccc([N+](=O)[O-])c1C(c1ccccn1)=NC2. The average molecular weight is 376 g/mol. The molecule has 0 bridgehead atoms. The molecule has 1 aromatic carbocycles. The Morgan fingerprint density at radius 1 is 1.21 bits per heavy atom. The molecule has 1 aliphatic heterocycles. The van der Waals surface area contributed by atoms with E-state index in [9.17, 15) is 10.1 Å². The second kappa shape index (κ2) is 6.97. The van der Waals surface area contributed by atoms with Crippen molar-refractivity contribution in [1.82, 2.24) is 19.4 Å². The van der Waals surface area contributed by atoms with E-state index in [2.05, 4.69) is 9.88 Å². The fourth-order valence-corrected chi connectivity index (χ4v) is 3.55. The van der Waals surface area contributed by atoms with Crippen LogP contribution < -0.4 is 0 Å². The summed E-state index contributed by atoms with van der Waals surface area (Å²) in [6.07, 6.45) is 1.66. The van der Waals surface area contributed by atoms with Gasteiger partial charge in [-0.2, -0.15) is 0 Å². The van der Waals surface area contributed by atoms with Crippen molar-refractivity contribution in [3.63, 3.8) is 0 Å². The number of nitrogens with zero attached hydrogens (tertiary/aromatic N) is 6. The summed E-state index contributed by atoms with van der Waals surface area (Å²) in [5, 5.41) is 11.8. The molecule has 0 aliphatic carbocycles. The first-order chi connectivity index (χ1) is 13.5. The topological polar surface area (TPSA) is 89.5 Å². The van der Waals surface area contributed by atoms with E-state index >= 15 is 0 Å². The second-order valence-electron chi connectivity index (χ2n) is 6.94. The minimum atomic E-state index is -0.363. The lowest BCUT2D eigenvalue weighted by Crippen LogP contribution is -2.17. The van der Waals surface area contributed by atoms with Gasteiger partial charge in [-0.1, -0.05) is 12.1 Å². The highest BCUT2D eigenvalue weighted by atomic mass is 16.6. The number of fused-ring (bicyclic) bond motifs is 3. The molecule has 2 aromatic heterocycles. The molecule has 0 fully saturated rings. The first kappa shape index (κ1) is 18.0. The summed E-state index contributed by atoms with van der Waals surface area (Å²) in [4.78, 5) is 27.3.